The molecule has 1 aliphatic heterocycles. The Morgan fingerprint density at radius 2 is 1.69 bits per heavy atom. The number of rotatable bonds is 3. The third-order valence-electron chi connectivity index (χ3n) is 5.26. The van der Waals surface area contributed by atoms with Crippen LogP contribution >= 0.6 is 0 Å². The Kier molecular flexibility index (Phi) is 4.89. The van der Waals surface area contributed by atoms with E-state index < -0.39 is 17.6 Å². The summed E-state index contributed by atoms with van der Waals surface area (Å²) in [5.41, 5.74) is 6.94. The van der Waals surface area contributed by atoms with E-state index in [-0.39, 0.29) is 5.56 Å². The quantitative estimate of drug-likeness (QED) is 0.521. The largest absolute Gasteiger partial charge is 0.419 e. The van der Waals surface area contributed by atoms with Gasteiger partial charge in [0.25, 0.3) is 0 Å². The fourth-order valence-electron chi connectivity index (χ4n) is 3.58. The van der Waals surface area contributed by atoms with Gasteiger partial charge in [-0.2, -0.15) is 18.3 Å². The highest BCUT2D eigenvalue weighted by Crippen LogP contribution is 2.35. The molecule has 0 saturated carbocycles. The highest BCUT2D eigenvalue weighted by Gasteiger charge is 2.34. The van der Waals surface area contributed by atoms with Gasteiger partial charge in [0.15, 0.2) is 5.65 Å². The van der Waals surface area contributed by atoms with Crippen molar-refractivity contribution in [3.8, 4) is 22.5 Å². The molecule has 11 heteroatoms. The van der Waals surface area contributed by atoms with Crippen LogP contribution in [0.15, 0.2) is 48.9 Å². The molecule has 0 amide bonds. The Labute approximate surface area is 180 Å². The smallest absolute Gasteiger partial charge is 0.383 e. The topological polar surface area (TPSA) is 94.5 Å². The molecule has 8 nitrogen and oxygen atoms in total. The van der Waals surface area contributed by atoms with Crippen molar-refractivity contribution in [2.75, 3.05) is 36.9 Å². The first-order valence-corrected chi connectivity index (χ1v) is 9.87. The minimum atomic E-state index is -4.61. The van der Waals surface area contributed by atoms with Crippen LogP contribution in [0.25, 0.3) is 28.2 Å². The second-order valence-corrected chi connectivity index (χ2v) is 7.29. The summed E-state index contributed by atoms with van der Waals surface area (Å²) in [5, 5.41) is 4.50. The molecule has 0 aromatic carbocycles. The molecule has 0 unspecified atom stereocenters. The van der Waals surface area contributed by atoms with E-state index in [2.05, 4.69) is 25.0 Å². The number of nitrogens with two attached hydrogens (primary N) is 1. The van der Waals surface area contributed by atoms with E-state index in [1.807, 2.05) is 12.1 Å². The van der Waals surface area contributed by atoms with Gasteiger partial charge in [-0.1, -0.05) is 0 Å². The number of alkyl halides is 3. The Bertz CT molecular complexity index is 1260. The van der Waals surface area contributed by atoms with Gasteiger partial charge in [-0.25, -0.2) is 19.5 Å². The Balaban J connectivity index is 1.51. The molecule has 1 fully saturated rings. The number of hydrogen-bond donors (Lipinski definition) is 1. The van der Waals surface area contributed by atoms with Crippen LogP contribution in [0.3, 0.4) is 0 Å². The number of morpholine rings is 1. The summed E-state index contributed by atoms with van der Waals surface area (Å²) in [6, 6.07) is 8.07. The molecule has 0 spiro atoms. The van der Waals surface area contributed by atoms with Crippen molar-refractivity contribution in [2.24, 2.45) is 0 Å². The number of nitrogen functional groups attached to an aromatic ring is 1. The van der Waals surface area contributed by atoms with Crippen molar-refractivity contribution >= 4 is 17.3 Å². The van der Waals surface area contributed by atoms with Crippen molar-refractivity contribution < 1.29 is 17.9 Å². The minimum Gasteiger partial charge on any atom is -0.383 e. The van der Waals surface area contributed by atoms with E-state index in [9.17, 15) is 13.2 Å². The van der Waals surface area contributed by atoms with E-state index in [0.717, 1.165) is 30.5 Å². The molecule has 0 aliphatic carbocycles. The lowest BCUT2D eigenvalue weighted by atomic mass is 10.1. The normalized spacial score (nSPS) is 14.8. The van der Waals surface area contributed by atoms with E-state index in [0.29, 0.717) is 30.2 Å². The van der Waals surface area contributed by atoms with Gasteiger partial charge < -0.3 is 15.4 Å². The lowest BCUT2D eigenvalue weighted by Gasteiger charge is -2.27. The maximum atomic E-state index is 13.2. The summed E-state index contributed by atoms with van der Waals surface area (Å²) >= 11 is 0. The first-order chi connectivity index (χ1) is 15.4. The van der Waals surface area contributed by atoms with Crippen LogP contribution in [0.5, 0.6) is 0 Å². The zero-order valence-corrected chi connectivity index (χ0v) is 16.8. The predicted octanol–water partition coefficient (Wildman–Crippen LogP) is 3.29. The van der Waals surface area contributed by atoms with Crippen LogP contribution in [0, 0.1) is 0 Å². The summed E-state index contributed by atoms with van der Waals surface area (Å²) in [6.45, 7) is 2.89. The number of nitrogens with zero attached hydrogens (tertiary/aromatic N) is 6. The average Bonchev–Trinajstić information content (AvgIpc) is 3.22. The summed E-state index contributed by atoms with van der Waals surface area (Å²) in [4.78, 5) is 14.7. The molecular weight excluding hydrogens is 423 g/mol. The van der Waals surface area contributed by atoms with E-state index >= 15 is 0 Å². The minimum absolute atomic E-state index is 0.203. The van der Waals surface area contributed by atoms with Crippen LogP contribution in [0.4, 0.5) is 24.8 Å². The summed E-state index contributed by atoms with van der Waals surface area (Å²) < 4.78 is 46.6. The summed E-state index contributed by atoms with van der Waals surface area (Å²) in [5.74, 6) is 0.282. The SMILES string of the molecule is Nc1ncc(-c2ccc3ncc(-c4ccc(N5CCOCC5)nc4)n3n2)cc1C(F)(F)F. The number of halogens is 3. The lowest BCUT2D eigenvalue weighted by molar-refractivity contribution is -0.137. The van der Waals surface area contributed by atoms with Crippen LogP contribution in [-0.4, -0.2) is 50.9 Å². The Morgan fingerprint density at radius 1 is 0.906 bits per heavy atom. The second kappa shape index (κ2) is 7.75. The molecule has 5 heterocycles. The van der Waals surface area contributed by atoms with Crippen molar-refractivity contribution in [3.05, 3.63) is 54.5 Å². The van der Waals surface area contributed by atoms with E-state index in [4.69, 9.17) is 10.5 Å². The van der Waals surface area contributed by atoms with Gasteiger partial charge >= 0.3 is 6.18 Å². The second-order valence-electron chi connectivity index (χ2n) is 7.29. The number of aromatic nitrogens is 5. The zero-order valence-electron chi connectivity index (χ0n) is 16.8. The number of imidazole rings is 1. The maximum absolute atomic E-state index is 13.2. The first kappa shape index (κ1) is 20.2. The van der Waals surface area contributed by atoms with Gasteiger partial charge in [0.05, 0.1) is 36.4 Å². The molecule has 4 aromatic rings. The molecule has 5 rings (SSSR count). The summed E-state index contributed by atoms with van der Waals surface area (Å²) in [7, 11) is 0. The molecule has 1 aliphatic rings. The van der Waals surface area contributed by atoms with Crippen molar-refractivity contribution in [1.29, 1.82) is 0 Å². The average molecular weight is 441 g/mol. The molecule has 0 bridgehead atoms. The highest BCUT2D eigenvalue weighted by atomic mass is 19.4. The van der Waals surface area contributed by atoms with E-state index in [1.54, 1.807) is 29.0 Å². The fraction of sp³-hybridized carbons (Fsp3) is 0.238. The van der Waals surface area contributed by atoms with Crippen LogP contribution in [-0.2, 0) is 10.9 Å². The molecular formula is C21H18F3N7O. The van der Waals surface area contributed by atoms with Gasteiger partial charge in [0, 0.05) is 36.6 Å². The van der Waals surface area contributed by atoms with Crippen LogP contribution in [0.1, 0.15) is 5.56 Å². The molecule has 164 valence electrons. The monoisotopic (exact) mass is 441 g/mol. The van der Waals surface area contributed by atoms with Crippen LogP contribution < -0.4 is 10.6 Å². The molecule has 1 saturated heterocycles. The standard InChI is InChI=1S/C21H18F3N7O/c22-21(23,24)15-9-14(11-28-20(15)25)16-2-4-19-27-12-17(31(19)29-16)13-1-3-18(26-10-13)30-5-7-32-8-6-30/h1-4,9-12H,5-8H2,(H2,25,28). The van der Waals surface area contributed by atoms with Gasteiger partial charge in [0.2, 0.25) is 0 Å². The number of fused-ring (bicyclic) bond motifs is 1. The Hall–Kier alpha value is -3.73. The Morgan fingerprint density at radius 3 is 2.41 bits per heavy atom. The van der Waals surface area contributed by atoms with Crippen molar-refractivity contribution in [3.63, 3.8) is 0 Å². The third-order valence-corrected chi connectivity index (χ3v) is 5.26. The molecule has 32 heavy (non-hydrogen) atoms. The third kappa shape index (κ3) is 3.71. The highest BCUT2D eigenvalue weighted by molar-refractivity contribution is 5.67. The van der Waals surface area contributed by atoms with E-state index in [1.165, 1.54) is 6.20 Å². The van der Waals surface area contributed by atoms with Gasteiger partial charge in [-0.15, -0.1) is 0 Å². The first-order valence-electron chi connectivity index (χ1n) is 9.87. The zero-order chi connectivity index (χ0) is 22.3. The predicted molar refractivity (Wildman–Crippen MR) is 112 cm³/mol. The lowest BCUT2D eigenvalue weighted by Crippen LogP contribution is -2.36. The van der Waals surface area contributed by atoms with Crippen molar-refractivity contribution in [1.82, 2.24) is 24.6 Å². The molecule has 2 N–H and O–H groups in total. The van der Waals surface area contributed by atoms with Crippen LogP contribution in [0.2, 0.25) is 0 Å². The van der Waals surface area contributed by atoms with Gasteiger partial charge in [-0.05, 0) is 30.3 Å². The summed E-state index contributed by atoms with van der Waals surface area (Å²) in [6.07, 6.45) is 0.0499. The van der Waals surface area contributed by atoms with Gasteiger partial charge in [0.1, 0.15) is 11.6 Å². The number of ether oxygens (including phenoxy) is 1. The number of hydrogen-bond acceptors (Lipinski definition) is 7. The molecule has 0 atom stereocenters. The molecule has 4 aromatic heterocycles. The number of anilines is 2. The maximum Gasteiger partial charge on any atom is 0.419 e. The molecule has 0 radical (unpaired) electrons. The van der Waals surface area contributed by atoms with Gasteiger partial charge in [-0.3, -0.25) is 0 Å². The number of pyridine rings is 2. The van der Waals surface area contributed by atoms with Crippen molar-refractivity contribution in [2.45, 2.75) is 6.18 Å². The fourth-order valence-corrected chi connectivity index (χ4v) is 3.58.